The summed E-state index contributed by atoms with van der Waals surface area (Å²) in [5, 5.41) is 16.2. The van der Waals surface area contributed by atoms with E-state index >= 15 is 0 Å². The molecule has 1 atom stereocenters. The number of benzene rings is 1. The van der Waals surface area contributed by atoms with Crippen LogP contribution in [0.15, 0.2) is 28.7 Å². The lowest BCUT2D eigenvalue weighted by atomic mass is 10.1. The van der Waals surface area contributed by atoms with E-state index in [1.807, 2.05) is 31.2 Å². The second-order valence-electron chi connectivity index (χ2n) is 4.34. The molecule has 0 radical (unpaired) electrons. The van der Waals surface area contributed by atoms with Crippen LogP contribution in [0.3, 0.4) is 0 Å². The van der Waals surface area contributed by atoms with Crippen molar-refractivity contribution in [3.05, 3.63) is 47.2 Å². The Morgan fingerprint density at radius 3 is 2.63 bits per heavy atom. The third kappa shape index (κ3) is 3.38. The van der Waals surface area contributed by atoms with Gasteiger partial charge in [0.05, 0.1) is 0 Å². The van der Waals surface area contributed by atoms with Gasteiger partial charge < -0.3 is 15.3 Å². The van der Waals surface area contributed by atoms with Crippen molar-refractivity contribution >= 4 is 5.97 Å². The van der Waals surface area contributed by atoms with E-state index in [0.717, 1.165) is 12.0 Å². The summed E-state index contributed by atoms with van der Waals surface area (Å²) in [5.74, 6) is -0.854. The molecular formula is C13H15N3O3. The zero-order valence-electron chi connectivity index (χ0n) is 10.5. The maximum Gasteiger partial charge on any atom is 0.330 e. The van der Waals surface area contributed by atoms with Crippen molar-refractivity contribution in [2.24, 2.45) is 5.73 Å². The zero-order chi connectivity index (χ0) is 13.8. The van der Waals surface area contributed by atoms with Gasteiger partial charge in [0, 0.05) is 6.42 Å². The molecule has 6 heteroatoms. The molecule has 0 amide bonds. The monoisotopic (exact) mass is 261 g/mol. The number of aromatic nitrogens is 2. The molecule has 0 aliphatic heterocycles. The average Bonchev–Trinajstić information content (AvgIpc) is 2.86. The second-order valence-corrected chi connectivity index (χ2v) is 4.34. The molecule has 6 nitrogen and oxygen atoms in total. The van der Waals surface area contributed by atoms with Gasteiger partial charge >= 0.3 is 5.97 Å². The van der Waals surface area contributed by atoms with Crippen LogP contribution in [0.4, 0.5) is 0 Å². The number of carboxylic acid groups (broad SMARTS) is 1. The van der Waals surface area contributed by atoms with Gasteiger partial charge in [0.25, 0.3) is 0 Å². The lowest BCUT2D eigenvalue weighted by molar-refractivity contribution is -0.139. The number of nitrogens with two attached hydrogens (primary N) is 1. The second kappa shape index (κ2) is 5.62. The lowest BCUT2D eigenvalue weighted by Gasteiger charge is -2.00. The summed E-state index contributed by atoms with van der Waals surface area (Å²) in [6.45, 7) is 2.03. The number of nitrogens with zero attached hydrogens (tertiary/aromatic N) is 2. The van der Waals surface area contributed by atoms with Crippen LogP contribution in [0.25, 0.3) is 0 Å². The number of hydrogen-bond donors (Lipinski definition) is 2. The predicted molar refractivity (Wildman–Crippen MR) is 67.4 cm³/mol. The van der Waals surface area contributed by atoms with Crippen molar-refractivity contribution in [2.45, 2.75) is 25.8 Å². The summed E-state index contributed by atoms with van der Waals surface area (Å²) in [6.07, 6.45) is 1.31. The molecular weight excluding hydrogens is 246 g/mol. The summed E-state index contributed by atoms with van der Waals surface area (Å²) in [6, 6.07) is 6.88. The van der Waals surface area contributed by atoms with Crippen molar-refractivity contribution in [1.82, 2.24) is 10.2 Å². The first-order valence-corrected chi connectivity index (χ1v) is 5.92. The van der Waals surface area contributed by atoms with Gasteiger partial charge in [-0.25, -0.2) is 4.79 Å². The smallest absolute Gasteiger partial charge is 0.330 e. The molecule has 2 rings (SSSR count). The van der Waals surface area contributed by atoms with Gasteiger partial charge in [0.1, 0.15) is 0 Å². The van der Waals surface area contributed by atoms with Crippen molar-refractivity contribution in [3.63, 3.8) is 0 Å². The van der Waals surface area contributed by atoms with E-state index in [1.54, 1.807) is 0 Å². The first-order valence-electron chi connectivity index (χ1n) is 5.92. The molecule has 0 spiro atoms. The Morgan fingerprint density at radius 1 is 1.32 bits per heavy atom. The fourth-order valence-electron chi connectivity index (χ4n) is 1.60. The normalized spacial score (nSPS) is 12.3. The number of aryl methyl sites for hydroxylation is 3. The molecule has 100 valence electrons. The van der Waals surface area contributed by atoms with Gasteiger partial charge in [-0.3, -0.25) is 0 Å². The van der Waals surface area contributed by atoms with E-state index < -0.39 is 12.0 Å². The molecule has 1 aromatic heterocycles. The van der Waals surface area contributed by atoms with Crippen LogP contribution in [0.2, 0.25) is 0 Å². The van der Waals surface area contributed by atoms with Crippen LogP contribution >= 0.6 is 0 Å². The summed E-state index contributed by atoms with van der Waals surface area (Å²) in [4.78, 5) is 10.7. The van der Waals surface area contributed by atoms with Gasteiger partial charge in [-0.1, -0.05) is 29.8 Å². The van der Waals surface area contributed by atoms with Gasteiger partial charge in [0.2, 0.25) is 11.8 Å². The minimum atomic E-state index is -1.26. The van der Waals surface area contributed by atoms with Crippen molar-refractivity contribution in [2.75, 3.05) is 0 Å². The van der Waals surface area contributed by atoms with E-state index in [-0.39, 0.29) is 5.89 Å². The minimum Gasteiger partial charge on any atom is -0.480 e. The van der Waals surface area contributed by atoms with Crippen LogP contribution in [-0.2, 0) is 17.6 Å². The fraction of sp³-hybridized carbons (Fsp3) is 0.308. The maximum atomic E-state index is 10.7. The highest BCUT2D eigenvalue weighted by Gasteiger charge is 2.21. The maximum absolute atomic E-state index is 10.7. The summed E-state index contributed by atoms with van der Waals surface area (Å²) >= 11 is 0. The molecule has 0 bridgehead atoms. The van der Waals surface area contributed by atoms with Gasteiger partial charge in [-0.15, -0.1) is 10.2 Å². The molecule has 0 saturated carbocycles. The third-order valence-electron chi connectivity index (χ3n) is 2.76. The molecule has 19 heavy (non-hydrogen) atoms. The number of hydrogen-bond acceptors (Lipinski definition) is 5. The Bertz CT molecular complexity index is 563. The number of rotatable bonds is 5. The number of aliphatic carboxylic acids is 1. The third-order valence-corrected chi connectivity index (χ3v) is 2.76. The number of carbonyl (C=O) groups is 1. The van der Waals surface area contributed by atoms with E-state index in [1.165, 1.54) is 5.56 Å². The van der Waals surface area contributed by atoms with Crippen LogP contribution in [0, 0.1) is 6.92 Å². The van der Waals surface area contributed by atoms with Crippen LogP contribution in [0.1, 0.15) is 29.0 Å². The Morgan fingerprint density at radius 2 is 2.00 bits per heavy atom. The molecule has 0 fully saturated rings. The molecule has 0 aliphatic carbocycles. The quantitative estimate of drug-likeness (QED) is 0.839. The highest BCUT2D eigenvalue weighted by atomic mass is 16.4. The zero-order valence-corrected chi connectivity index (χ0v) is 10.5. The van der Waals surface area contributed by atoms with E-state index in [0.29, 0.717) is 12.3 Å². The summed E-state index contributed by atoms with van der Waals surface area (Å²) in [7, 11) is 0. The van der Waals surface area contributed by atoms with Gasteiger partial charge in [-0.05, 0) is 18.9 Å². The SMILES string of the molecule is Cc1ccc(CCc2nnc(C(N)C(=O)O)o2)cc1. The predicted octanol–water partition coefficient (Wildman–Crippen LogP) is 1.25. The van der Waals surface area contributed by atoms with Crippen LogP contribution < -0.4 is 5.73 Å². The fourth-order valence-corrected chi connectivity index (χ4v) is 1.60. The molecule has 2 aromatic rings. The molecule has 1 aromatic carbocycles. The van der Waals surface area contributed by atoms with Gasteiger partial charge in [0.15, 0.2) is 6.04 Å². The Labute approximate surface area is 110 Å². The molecule has 0 aliphatic rings. The van der Waals surface area contributed by atoms with Crippen molar-refractivity contribution in [3.8, 4) is 0 Å². The topological polar surface area (TPSA) is 102 Å². The summed E-state index contributed by atoms with van der Waals surface area (Å²) in [5.41, 5.74) is 7.74. The Hall–Kier alpha value is -2.21. The van der Waals surface area contributed by atoms with E-state index in [4.69, 9.17) is 15.3 Å². The number of carboxylic acids is 1. The van der Waals surface area contributed by atoms with Crippen molar-refractivity contribution < 1.29 is 14.3 Å². The minimum absolute atomic E-state index is 0.0635. The molecule has 1 unspecified atom stereocenters. The largest absolute Gasteiger partial charge is 0.480 e. The molecule has 0 saturated heterocycles. The van der Waals surface area contributed by atoms with E-state index in [9.17, 15) is 4.79 Å². The van der Waals surface area contributed by atoms with E-state index in [2.05, 4.69) is 10.2 Å². The summed E-state index contributed by atoms with van der Waals surface area (Å²) < 4.78 is 5.22. The lowest BCUT2D eigenvalue weighted by Crippen LogP contribution is -2.20. The first-order chi connectivity index (χ1) is 9.06. The standard InChI is InChI=1S/C13H15N3O3/c1-8-2-4-9(5-3-8)6-7-10-15-16-12(19-10)11(14)13(17)18/h2-5,11H,6-7,14H2,1H3,(H,17,18). The highest BCUT2D eigenvalue weighted by Crippen LogP contribution is 2.11. The van der Waals surface area contributed by atoms with Crippen LogP contribution in [-0.4, -0.2) is 21.3 Å². The molecule has 1 heterocycles. The average molecular weight is 261 g/mol. The first kappa shape index (κ1) is 13.2. The Balaban J connectivity index is 1.97. The van der Waals surface area contributed by atoms with Crippen LogP contribution in [0.5, 0.6) is 0 Å². The Kier molecular flexibility index (Phi) is 3.91. The highest BCUT2D eigenvalue weighted by molar-refractivity contribution is 5.73. The molecule has 3 N–H and O–H groups in total. The van der Waals surface area contributed by atoms with Gasteiger partial charge in [-0.2, -0.15) is 0 Å². The van der Waals surface area contributed by atoms with Crippen molar-refractivity contribution in [1.29, 1.82) is 0 Å².